The molecule has 4 aromatic heterocycles. The fraction of sp³-hybridized carbons (Fsp3) is 0.393. The van der Waals surface area contributed by atoms with Crippen LogP contribution >= 0.6 is 11.3 Å². The minimum atomic E-state index is -1.11. The van der Waals surface area contributed by atoms with Crippen molar-refractivity contribution in [2.75, 3.05) is 54.4 Å². The number of rotatable bonds is 13. The first-order valence-corrected chi connectivity index (χ1v) is 26.4. The molecule has 0 radical (unpaired) electrons. The van der Waals surface area contributed by atoms with Gasteiger partial charge in [0.25, 0.3) is 5.91 Å². The monoisotopic (exact) mass is 1000 g/mol. The summed E-state index contributed by atoms with van der Waals surface area (Å²) >= 11 is 1.44. The number of ether oxygens (including phenoxy) is 1. The highest BCUT2D eigenvalue weighted by atomic mass is 32.1. The molecule has 3 fully saturated rings. The summed E-state index contributed by atoms with van der Waals surface area (Å²) in [6.45, 7) is 10.0. The number of para-hydroxylation sites is 1. The quantitative estimate of drug-likeness (QED) is 0.0932. The van der Waals surface area contributed by atoms with Crippen LogP contribution in [0.3, 0.4) is 0 Å². The Morgan fingerprint density at radius 1 is 0.877 bits per heavy atom. The van der Waals surface area contributed by atoms with Gasteiger partial charge in [0.15, 0.2) is 16.6 Å². The number of aryl methyl sites for hydroxylation is 1. The SMILES string of the molecule is Cc1c(OC2CCC(C[C@@H](C)CN3CCN(c4nccc5c(C6CCC(=O)NC6=O)nn(C)c45)CC3)CC2)cccc1-c1ccc(N2CCc3cccc(C(=O)Nc4nc5ccccc5s4)c3C2)nc1C(=O)O. The van der Waals surface area contributed by atoms with Gasteiger partial charge in [0.05, 0.1) is 27.9 Å². The van der Waals surface area contributed by atoms with Crippen LogP contribution in [0.15, 0.2) is 85.1 Å². The van der Waals surface area contributed by atoms with Crippen molar-refractivity contribution in [3.8, 4) is 16.9 Å². The predicted octanol–water partition coefficient (Wildman–Crippen LogP) is 8.77. The molecule has 4 aliphatic rings. The molecule has 2 atom stereocenters. The van der Waals surface area contributed by atoms with Gasteiger partial charge in [0.1, 0.15) is 17.1 Å². The van der Waals surface area contributed by atoms with Gasteiger partial charge in [0, 0.05) is 82.0 Å². The van der Waals surface area contributed by atoms with Crippen LogP contribution in [0.2, 0.25) is 0 Å². The Morgan fingerprint density at radius 3 is 2.48 bits per heavy atom. The number of aromatic carboxylic acids is 1. The van der Waals surface area contributed by atoms with Crippen molar-refractivity contribution in [2.45, 2.75) is 83.8 Å². The number of carbonyl (C=O) groups is 4. The number of carboxylic acids is 1. The Bertz CT molecular complexity index is 3230. The van der Waals surface area contributed by atoms with Crippen molar-refractivity contribution in [1.29, 1.82) is 0 Å². The number of piperidine rings is 1. The van der Waals surface area contributed by atoms with E-state index in [1.807, 2.05) is 102 Å². The molecule has 3 N–H and O–H groups in total. The van der Waals surface area contributed by atoms with Crippen molar-refractivity contribution >= 4 is 72.9 Å². The lowest BCUT2D eigenvalue weighted by Gasteiger charge is -2.37. The number of hydrogen-bond donors (Lipinski definition) is 3. The fourth-order valence-electron chi connectivity index (χ4n) is 11.7. The van der Waals surface area contributed by atoms with Crippen molar-refractivity contribution in [2.24, 2.45) is 18.9 Å². The average molecular weight is 1000 g/mol. The summed E-state index contributed by atoms with van der Waals surface area (Å²) in [4.78, 5) is 72.2. The van der Waals surface area contributed by atoms with Gasteiger partial charge in [0.2, 0.25) is 11.8 Å². The number of nitrogens with one attached hydrogen (secondary N) is 2. The summed E-state index contributed by atoms with van der Waals surface area (Å²) in [6, 6.07) is 25.1. The molecule has 11 rings (SSSR count). The number of thiazole rings is 1. The van der Waals surface area contributed by atoms with Crippen molar-refractivity contribution in [3.05, 3.63) is 119 Å². The molecule has 73 heavy (non-hydrogen) atoms. The number of anilines is 3. The third-order valence-corrected chi connectivity index (χ3v) is 16.4. The van der Waals surface area contributed by atoms with Crippen molar-refractivity contribution in [3.63, 3.8) is 0 Å². The molecule has 376 valence electrons. The number of fused-ring (bicyclic) bond motifs is 3. The first-order chi connectivity index (χ1) is 35.4. The summed E-state index contributed by atoms with van der Waals surface area (Å²) in [5.74, 6) is 1.09. The molecule has 1 aliphatic carbocycles. The van der Waals surface area contributed by atoms with E-state index in [4.69, 9.17) is 19.8 Å². The highest BCUT2D eigenvalue weighted by molar-refractivity contribution is 7.22. The number of carbonyl (C=O) groups excluding carboxylic acids is 3. The highest BCUT2D eigenvalue weighted by Gasteiger charge is 2.34. The van der Waals surface area contributed by atoms with E-state index < -0.39 is 11.9 Å². The van der Waals surface area contributed by atoms with Gasteiger partial charge >= 0.3 is 5.97 Å². The van der Waals surface area contributed by atoms with Crippen LogP contribution in [-0.4, -0.2) is 104 Å². The van der Waals surface area contributed by atoms with Gasteiger partial charge in [-0.25, -0.2) is 19.7 Å². The van der Waals surface area contributed by atoms with E-state index in [0.29, 0.717) is 72.0 Å². The molecular weight excluding hydrogens is 941 g/mol. The Balaban J connectivity index is 0.681. The number of nitrogens with zero attached hydrogens (tertiary/aromatic N) is 8. The van der Waals surface area contributed by atoms with E-state index in [2.05, 4.69) is 32.3 Å². The Hall–Kier alpha value is -7.24. The molecule has 7 heterocycles. The third-order valence-electron chi connectivity index (χ3n) is 15.4. The second kappa shape index (κ2) is 20.3. The van der Waals surface area contributed by atoms with Gasteiger partial charge in [-0.05, 0) is 128 Å². The van der Waals surface area contributed by atoms with Crippen LogP contribution in [0.4, 0.5) is 16.8 Å². The van der Waals surface area contributed by atoms with E-state index in [0.717, 1.165) is 113 Å². The Morgan fingerprint density at radius 2 is 1.68 bits per heavy atom. The van der Waals surface area contributed by atoms with E-state index >= 15 is 0 Å². The highest BCUT2D eigenvalue weighted by Crippen LogP contribution is 2.39. The first kappa shape index (κ1) is 48.1. The summed E-state index contributed by atoms with van der Waals surface area (Å²) in [7, 11) is 1.90. The second-order valence-corrected chi connectivity index (χ2v) is 21.3. The fourth-order valence-corrected chi connectivity index (χ4v) is 12.5. The molecular formula is C56H60N10O6S. The molecule has 16 nitrogen and oxygen atoms in total. The molecule has 7 aromatic rings. The maximum Gasteiger partial charge on any atom is 0.355 e. The van der Waals surface area contributed by atoms with E-state index in [1.54, 1.807) is 6.20 Å². The smallest absolute Gasteiger partial charge is 0.355 e. The third kappa shape index (κ3) is 9.87. The predicted molar refractivity (Wildman–Crippen MR) is 283 cm³/mol. The van der Waals surface area contributed by atoms with E-state index in [1.165, 1.54) is 17.8 Å². The summed E-state index contributed by atoms with van der Waals surface area (Å²) in [5, 5.41) is 22.3. The van der Waals surface area contributed by atoms with E-state index in [9.17, 15) is 24.3 Å². The van der Waals surface area contributed by atoms with Gasteiger partial charge < -0.3 is 19.6 Å². The number of amides is 3. The number of pyridine rings is 2. The second-order valence-electron chi connectivity index (χ2n) is 20.3. The van der Waals surface area contributed by atoms with Crippen LogP contribution in [0.5, 0.6) is 5.75 Å². The average Bonchev–Trinajstić information content (AvgIpc) is 3.97. The first-order valence-electron chi connectivity index (χ1n) is 25.6. The Kier molecular flexibility index (Phi) is 13.4. The number of aromatic nitrogens is 5. The molecule has 0 spiro atoms. The molecule has 1 unspecified atom stereocenters. The zero-order chi connectivity index (χ0) is 50.3. The van der Waals surface area contributed by atoms with Crippen LogP contribution in [-0.2, 0) is 29.6 Å². The molecule has 0 bridgehead atoms. The van der Waals surface area contributed by atoms with Crippen LogP contribution in [0, 0.1) is 18.8 Å². The molecule has 3 aromatic carbocycles. The van der Waals surface area contributed by atoms with Gasteiger partial charge in [-0.3, -0.25) is 34.6 Å². The molecule has 2 saturated heterocycles. The minimum absolute atomic E-state index is 0.0247. The van der Waals surface area contributed by atoms with Gasteiger partial charge in [-0.1, -0.05) is 54.7 Å². The van der Waals surface area contributed by atoms with Gasteiger partial charge in [-0.2, -0.15) is 5.10 Å². The zero-order valence-corrected chi connectivity index (χ0v) is 42.3. The lowest BCUT2D eigenvalue weighted by Crippen LogP contribution is -2.48. The van der Waals surface area contributed by atoms with Gasteiger partial charge in [-0.15, -0.1) is 0 Å². The summed E-state index contributed by atoms with van der Waals surface area (Å²) in [6.07, 6.45) is 8.67. The van der Waals surface area contributed by atoms with Crippen molar-refractivity contribution < 1.29 is 29.0 Å². The van der Waals surface area contributed by atoms with Crippen LogP contribution in [0.25, 0.3) is 32.2 Å². The number of piperazine rings is 1. The van der Waals surface area contributed by atoms with Crippen molar-refractivity contribution in [1.82, 2.24) is 34.9 Å². The molecule has 3 aliphatic heterocycles. The number of carboxylic acid groups (broad SMARTS) is 1. The Labute approximate surface area is 427 Å². The van der Waals surface area contributed by atoms with E-state index in [-0.39, 0.29) is 29.5 Å². The lowest BCUT2D eigenvalue weighted by atomic mass is 9.82. The zero-order valence-electron chi connectivity index (χ0n) is 41.5. The van der Waals surface area contributed by atoms with Crippen LogP contribution < -0.4 is 25.2 Å². The minimum Gasteiger partial charge on any atom is -0.490 e. The topological polar surface area (TPSA) is 188 Å². The normalized spacial score (nSPS) is 20.0. The number of benzene rings is 3. The maximum absolute atomic E-state index is 13.7. The molecule has 3 amide bonds. The standard InChI is InChI=1S/C56H60N10O6S/c1-33(31-64-26-28-65(29-27-64)52-51-41(22-24-57-52)49(62-63(51)3)42-19-21-48(67)60-54(42)69)30-35-14-16-37(17-15-35)72-45-12-7-9-38(34(45)2)39-18-20-47(59-50(39)55(70)71)66-25-23-36-8-6-10-40(43(36)32-66)53(68)61-56-58-44-11-4-5-13-46(44)73-56/h4-13,18,20,22,24,33,35,37,42H,14-17,19,21,23,25-32H2,1-3H3,(H,70,71)(H,58,61,68)(H,60,67,69)/t33-,35?,37?,42?/m1/s1. The summed E-state index contributed by atoms with van der Waals surface area (Å²) < 4.78 is 9.55. The number of hydrogen-bond acceptors (Lipinski definition) is 13. The molecule has 1 saturated carbocycles. The lowest BCUT2D eigenvalue weighted by molar-refractivity contribution is -0.134. The summed E-state index contributed by atoms with van der Waals surface area (Å²) in [5.41, 5.74) is 7.18. The molecule has 17 heteroatoms. The largest absolute Gasteiger partial charge is 0.490 e. The maximum atomic E-state index is 13.7. The van der Waals surface area contributed by atoms with Crippen LogP contribution in [0.1, 0.15) is 101 Å². The number of imide groups is 1.